The SMILES string of the molecule is CNC(C)=O.C[N-]C(C)=O.[CH2-]CCC.[Li+].[Li+]. The first-order chi connectivity index (χ1) is 6.45. The average Bonchev–Trinajstić information content (AvgIpc) is 2.19. The number of hydrogen-bond donors (Lipinski definition) is 1. The Hall–Kier alpha value is 0.135. The third kappa shape index (κ3) is 92.5. The third-order valence-corrected chi connectivity index (χ3v) is 1.02. The van der Waals surface area contributed by atoms with Crippen molar-refractivity contribution >= 4 is 11.8 Å². The molecule has 0 heterocycles. The maximum absolute atomic E-state index is 9.70. The standard InChI is InChI=1S/C4H9.2C3H7NO.2Li/c1-3-4-2;2*1-3(5)4-2;;/h1,3-4H2,2H3;2*1-2H3,(H,4,5);;/q-1;;;2*+1/p-1. The molecule has 0 aromatic heterocycles. The Bertz CT molecular complexity index is 129. The summed E-state index contributed by atoms with van der Waals surface area (Å²) in [6.45, 7) is 8.61. The molecule has 0 spiro atoms. The molecular weight excluding hydrogens is 194 g/mol. The van der Waals surface area contributed by atoms with Crippen molar-refractivity contribution < 1.29 is 47.3 Å². The van der Waals surface area contributed by atoms with Gasteiger partial charge < -0.3 is 22.4 Å². The van der Waals surface area contributed by atoms with E-state index >= 15 is 0 Å². The van der Waals surface area contributed by atoms with Crippen LogP contribution >= 0.6 is 0 Å². The van der Waals surface area contributed by atoms with E-state index < -0.39 is 0 Å². The smallest absolute Gasteiger partial charge is 0.656 e. The zero-order valence-electron chi connectivity index (χ0n) is 11.9. The molecule has 0 aliphatic carbocycles. The van der Waals surface area contributed by atoms with Crippen LogP contribution in [0.2, 0.25) is 0 Å². The first-order valence-corrected chi connectivity index (χ1v) is 4.54. The van der Waals surface area contributed by atoms with Gasteiger partial charge in [0.15, 0.2) is 0 Å². The molecule has 0 bridgehead atoms. The van der Waals surface area contributed by atoms with Crippen molar-refractivity contribution in [2.75, 3.05) is 14.1 Å². The summed E-state index contributed by atoms with van der Waals surface area (Å²) in [5.41, 5.74) is 0. The third-order valence-electron chi connectivity index (χ3n) is 1.02. The molecule has 0 aromatic carbocycles. The Morgan fingerprint density at radius 2 is 1.44 bits per heavy atom. The van der Waals surface area contributed by atoms with Gasteiger partial charge in [-0.1, -0.05) is 13.3 Å². The van der Waals surface area contributed by atoms with Crippen LogP contribution in [-0.2, 0) is 9.59 Å². The van der Waals surface area contributed by atoms with Gasteiger partial charge in [-0.15, -0.1) is 7.05 Å². The Kier molecular flexibility index (Phi) is 54.8. The van der Waals surface area contributed by atoms with Gasteiger partial charge in [-0.3, -0.25) is 4.79 Å². The fourth-order valence-electron chi connectivity index (χ4n) is 0. The summed E-state index contributed by atoms with van der Waals surface area (Å²) in [5, 5.41) is 5.64. The van der Waals surface area contributed by atoms with E-state index in [1.54, 1.807) is 7.05 Å². The molecule has 0 aromatic rings. The summed E-state index contributed by atoms with van der Waals surface area (Å²) >= 11 is 0. The molecule has 0 unspecified atom stereocenters. The van der Waals surface area contributed by atoms with Gasteiger partial charge in [-0.2, -0.15) is 6.42 Å². The van der Waals surface area contributed by atoms with Gasteiger partial charge >= 0.3 is 37.7 Å². The van der Waals surface area contributed by atoms with E-state index in [1.165, 1.54) is 27.3 Å². The Balaban J connectivity index is -0.0000000358. The first-order valence-electron chi connectivity index (χ1n) is 4.54. The molecule has 0 saturated carbocycles. The summed E-state index contributed by atoms with van der Waals surface area (Å²) in [7, 11) is 3.07. The second-order valence-corrected chi connectivity index (χ2v) is 2.40. The number of nitrogens with zero attached hydrogens (tertiary/aromatic N) is 1. The molecule has 0 radical (unpaired) electrons. The van der Waals surface area contributed by atoms with Crippen LogP contribution in [0.4, 0.5) is 0 Å². The van der Waals surface area contributed by atoms with Gasteiger partial charge in [0.05, 0.1) is 0 Å². The number of hydrogen-bond acceptors (Lipinski definition) is 2. The molecule has 86 valence electrons. The van der Waals surface area contributed by atoms with E-state index in [0.29, 0.717) is 0 Å². The van der Waals surface area contributed by atoms with Gasteiger partial charge in [-0.05, 0) is 6.92 Å². The summed E-state index contributed by atoms with van der Waals surface area (Å²) in [4.78, 5) is 19.3. The summed E-state index contributed by atoms with van der Waals surface area (Å²) < 4.78 is 0. The van der Waals surface area contributed by atoms with Crippen molar-refractivity contribution in [1.29, 1.82) is 0 Å². The molecule has 0 aliphatic heterocycles. The van der Waals surface area contributed by atoms with Crippen molar-refractivity contribution in [3.8, 4) is 0 Å². The van der Waals surface area contributed by atoms with Crippen LogP contribution in [0, 0.1) is 6.92 Å². The van der Waals surface area contributed by atoms with Crippen LogP contribution in [0.5, 0.6) is 0 Å². The topological polar surface area (TPSA) is 60.3 Å². The number of amides is 2. The van der Waals surface area contributed by atoms with Crippen molar-refractivity contribution in [1.82, 2.24) is 5.32 Å². The molecule has 0 fully saturated rings. The molecule has 6 heteroatoms. The number of nitrogens with one attached hydrogen (secondary N) is 1. The zero-order valence-corrected chi connectivity index (χ0v) is 11.9. The number of rotatable bonds is 1. The first kappa shape index (κ1) is 29.8. The van der Waals surface area contributed by atoms with Gasteiger partial charge in [0.25, 0.3) is 0 Å². The number of carbonyl (C=O) groups excluding carboxylic acids is 2. The Labute approximate surface area is 124 Å². The fraction of sp³-hybridized carbons (Fsp3) is 0.700. The molecule has 0 aliphatic rings. The van der Waals surface area contributed by atoms with Gasteiger partial charge in [0.1, 0.15) is 0 Å². The minimum atomic E-state index is -0.120. The van der Waals surface area contributed by atoms with Crippen LogP contribution in [-0.4, -0.2) is 25.9 Å². The maximum Gasteiger partial charge on any atom is 1.00 e. The predicted octanol–water partition coefficient (Wildman–Crippen LogP) is -4.08. The van der Waals surface area contributed by atoms with Crippen molar-refractivity contribution in [3.63, 3.8) is 0 Å². The zero-order chi connectivity index (χ0) is 12.0. The van der Waals surface area contributed by atoms with Crippen LogP contribution in [0.15, 0.2) is 0 Å². The molecule has 4 nitrogen and oxygen atoms in total. The average molecular weight is 216 g/mol. The normalized spacial score (nSPS) is 6.12. The van der Waals surface area contributed by atoms with E-state index in [-0.39, 0.29) is 49.5 Å². The molecular formula is C10H22Li2N2O2. The van der Waals surface area contributed by atoms with Crippen LogP contribution in [0.1, 0.15) is 33.6 Å². The quantitative estimate of drug-likeness (QED) is 0.358. The van der Waals surface area contributed by atoms with E-state index in [0.717, 1.165) is 6.42 Å². The van der Waals surface area contributed by atoms with Crippen LogP contribution in [0.25, 0.3) is 5.32 Å². The predicted molar refractivity (Wildman–Crippen MR) is 60.0 cm³/mol. The second kappa shape index (κ2) is 29.4. The van der Waals surface area contributed by atoms with Crippen molar-refractivity contribution in [2.45, 2.75) is 33.6 Å². The molecule has 2 amide bonds. The molecule has 1 N–H and O–H groups in total. The fourth-order valence-corrected chi connectivity index (χ4v) is 0. The largest absolute Gasteiger partial charge is 1.00 e. The second-order valence-electron chi connectivity index (χ2n) is 2.40. The van der Waals surface area contributed by atoms with E-state index in [4.69, 9.17) is 0 Å². The molecule has 0 rings (SSSR count). The van der Waals surface area contributed by atoms with E-state index in [2.05, 4.69) is 24.5 Å². The van der Waals surface area contributed by atoms with Crippen LogP contribution < -0.4 is 43.0 Å². The van der Waals surface area contributed by atoms with Gasteiger partial charge in [0.2, 0.25) is 5.91 Å². The van der Waals surface area contributed by atoms with Crippen LogP contribution in [0.3, 0.4) is 0 Å². The van der Waals surface area contributed by atoms with Crippen molar-refractivity contribution in [3.05, 3.63) is 12.2 Å². The summed E-state index contributed by atoms with van der Waals surface area (Å²) in [5.74, 6) is -0.116. The minimum Gasteiger partial charge on any atom is -0.656 e. The van der Waals surface area contributed by atoms with Crippen molar-refractivity contribution in [2.24, 2.45) is 0 Å². The minimum absolute atomic E-state index is 0. The summed E-state index contributed by atoms with van der Waals surface area (Å²) in [6.07, 6.45) is 2.28. The number of unbranched alkanes of at least 4 members (excludes halogenated alkanes) is 1. The van der Waals surface area contributed by atoms with Gasteiger partial charge in [-0.25, -0.2) is 0 Å². The maximum atomic E-state index is 9.70. The molecule has 0 saturated heterocycles. The Morgan fingerprint density at radius 3 is 1.44 bits per heavy atom. The van der Waals surface area contributed by atoms with E-state index in [9.17, 15) is 9.59 Å². The molecule has 0 atom stereocenters. The molecule has 16 heavy (non-hydrogen) atoms. The van der Waals surface area contributed by atoms with Gasteiger partial charge in [0, 0.05) is 19.9 Å². The monoisotopic (exact) mass is 216 g/mol. The van der Waals surface area contributed by atoms with E-state index in [1.807, 2.05) is 0 Å². The number of carbonyl (C=O) groups is 2. The summed E-state index contributed by atoms with van der Waals surface area (Å²) in [6, 6.07) is 0. The Morgan fingerprint density at radius 1 is 1.25 bits per heavy atom.